The highest BCUT2D eigenvalue weighted by Gasteiger charge is 2.60. The van der Waals surface area contributed by atoms with Crippen LogP contribution in [-0.2, 0) is 9.22 Å². The molecule has 7 atom stereocenters. The molecule has 204 valence electrons. The molecule has 3 nitrogen and oxygen atoms in total. The molecule has 4 heteroatoms. The molecule has 0 aromatic rings. The second-order valence-electron chi connectivity index (χ2n) is 15.5. The molecular formula is C32H54O3Si. The van der Waals surface area contributed by atoms with Gasteiger partial charge in [0.15, 0.2) is 8.32 Å². The number of hydrogen-bond donors (Lipinski definition) is 1. The quantitative estimate of drug-likeness (QED) is 0.360. The van der Waals surface area contributed by atoms with E-state index in [1.807, 2.05) is 0 Å². The third-order valence-electron chi connectivity index (χ3n) is 12.2. The summed E-state index contributed by atoms with van der Waals surface area (Å²) in [5, 5.41) is 9.46. The predicted molar refractivity (Wildman–Crippen MR) is 152 cm³/mol. The smallest absolute Gasteiger partial charge is 0.303 e. The van der Waals surface area contributed by atoms with E-state index in [0.717, 1.165) is 12.8 Å². The standard InChI is InChI=1S/C32H54O3Si/c1-21(11-16-28(33)34)23-13-14-24-22-12-15-26-30(5,6)27(35-36(9,10)29(2,3)4)18-20-32(26,8)25(22)17-19-31(23,24)7/h12,15,21,23-25,27H,11,13-14,16-20H2,1-10H3,(H,33,34)/t21-,23-,24+,25+,27+,31-,32-/m1/s1. The minimum Gasteiger partial charge on any atom is -0.481 e. The average molecular weight is 515 g/mol. The van der Waals surface area contributed by atoms with Crippen LogP contribution in [0.1, 0.15) is 107 Å². The van der Waals surface area contributed by atoms with Crippen LogP contribution in [0, 0.1) is 39.9 Å². The lowest BCUT2D eigenvalue weighted by molar-refractivity contribution is -0.137. The molecule has 0 aromatic heterocycles. The normalized spacial score (nSPS) is 38.8. The van der Waals surface area contributed by atoms with E-state index < -0.39 is 14.3 Å². The Morgan fingerprint density at radius 3 is 2.33 bits per heavy atom. The first-order valence-corrected chi connectivity index (χ1v) is 17.7. The summed E-state index contributed by atoms with van der Waals surface area (Å²) in [5.41, 5.74) is 3.96. The summed E-state index contributed by atoms with van der Waals surface area (Å²) < 4.78 is 7.09. The van der Waals surface area contributed by atoms with Crippen molar-refractivity contribution in [3.63, 3.8) is 0 Å². The molecule has 1 N–H and O–H groups in total. The van der Waals surface area contributed by atoms with Gasteiger partial charge < -0.3 is 9.53 Å². The largest absolute Gasteiger partial charge is 0.481 e. The molecule has 4 aliphatic rings. The van der Waals surface area contributed by atoms with Gasteiger partial charge in [0.1, 0.15) is 0 Å². The first kappa shape index (κ1) is 28.1. The third kappa shape index (κ3) is 4.40. The second-order valence-corrected chi connectivity index (χ2v) is 20.3. The van der Waals surface area contributed by atoms with Gasteiger partial charge in [-0.3, -0.25) is 4.79 Å². The van der Waals surface area contributed by atoms with Crippen LogP contribution in [0.2, 0.25) is 18.1 Å². The Balaban J connectivity index is 1.61. The van der Waals surface area contributed by atoms with E-state index in [9.17, 15) is 9.90 Å². The van der Waals surface area contributed by atoms with Gasteiger partial charge in [-0.2, -0.15) is 0 Å². The Morgan fingerprint density at radius 2 is 1.72 bits per heavy atom. The van der Waals surface area contributed by atoms with E-state index >= 15 is 0 Å². The van der Waals surface area contributed by atoms with Crippen molar-refractivity contribution >= 4 is 14.3 Å². The van der Waals surface area contributed by atoms with Crippen molar-refractivity contribution in [1.82, 2.24) is 0 Å². The van der Waals surface area contributed by atoms with Gasteiger partial charge in [0.2, 0.25) is 0 Å². The van der Waals surface area contributed by atoms with Gasteiger partial charge in [0, 0.05) is 11.8 Å². The van der Waals surface area contributed by atoms with Gasteiger partial charge in [-0.1, -0.05) is 78.7 Å². The number of carbonyl (C=O) groups is 1. The predicted octanol–water partition coefficient (Wildman–Crippen LogP) is 9.01. The van der Waals surface area contributed by atoms with Crippen LogP contribution in [0.4, 0.5) is 0 Å². The summed E-state index contributed by atoms with van der Waals surface area (Å²) >= 11 is 0. The number of carboxylic acids is 1. The molecule has 0 aliphatic heterocycles. The van der Waals surface area contributed by atoms with Crippen LogP contribution in [0.15, 0.2) is 23.3 Å². The maximum Gasteiger partial charge on any atom is 0.303 e. The molecule has 3 saturated carbocycles. The fourth-order valence-corrected chi connectivity index (χ4v) is 10.4. The molecule has 3 fully saturated rings. The highest BCUT2D eigenvalue weighted by atomic mass is 28.4. The van der Waals surface area contributed by atoms with Crippen molar-refractivity contribution in [2.24, 2.45) is 39.9 Å². The van der Waals surface area contributed by atoms with E-state index in [4.69, 9.17) is 4.43 Å². The van der Waals surface area contributed by atoms with Gasteiger partial charge in [0.25, 0.3) is 0 Å². The van der Waals surface area contributed by atoms with Crippen molar-refractivity contribution < 1.29 is 14.3 Å². The molecule has 0 aromatic carbocycles. The first-order valence-electron chi connectivity index (χ1n) is 14.8. The molecule has 0 bridgehead atoms. The number of carboxylic acid groups (broad SMARTS) is 1. The fraction of sp³-hybridized carbons (Fsp3) is 0.844. The topological polar surface area (TPSA) is 46.5 Å². The van der Waals surface area contributed by atoms with Crippen molar-refractivity contribution in [1.29, 1.82) is 0 Å². The SMILES string of the molecule is C[C@H](CCC(=O)O)[C@H]1CC[C@H]2C3=CC=C4C(C)(C)[C@@H](O[Si](C)(C)C(C)(C)C)CC[C@]4(C)[C@H]3CC[C@]12C. The molecular weight excluding hydrogens is 460 g/mol. The van der Waals surface area contributed by atoms with Crippen molar-refractivity contribution in [2.75, 3.05) is 0 Å². The molecule has 0 amide bonds. The lowest BCUT2D eigenvalue weighted by atomic mass is 9.46. The monoisotopic (exact) mass is 514 g/mol. The third-order valence-corrected chi connectivity index (χ3v) is 16.7. The Hall–Kier alpha value is -0.873. The number of allylic oxidation sites excluding steroid dienone is 3. The van der Waals surface area contributed by atoms with Gasteiger partial charge in [0.05, 0.1) is 6.10 Å². The molecule has 4 rings (SSSR count). The molecule has 0 spiro atoms. The summed E-state index contributed by atoms with van der Waals surface area (Å²) in [6.07, 6.45) is 14.0. The van der Waals surface area contributed by atoms with E-state index in [1.54, 1.807) is 11.1 Å². The van der Waals surface area contributed by atoms with Crippen molar-refractivity contribution in [3.8, 4) is 0 Å². The first-order chi connectivity index (χ1) is 16.4. The summed E-state index contributed by atoms with van der Waals surface area (Å²) in [5.74, 6) is 1.79. The van der Waals surface area contributed by atoms with Crippen molar-refractivity contribution in [3.05, 3.63) is 23.3 Å². The minimum atomic E-state index is -1.84. The van der Waals surface area contributed by atoms with E-state index in [0.29, 0.717) is 41.6 Å². The van der Waals surface area contributed by atoms with E-state index in [-0.39, 0.29) is 15.9 Å². The summed E-state index contributed by atoms with van der Waals surface area (Å²) in [6.45, 7) is 24.2. The Bertz CT molecular complexity index is 938. The number of fused-ring (bicyclic) bond motifs is 5. The maximum absolute atomic E-state index is 11.2. The van der Waals surface area contributed by atoms with Crippen LogP contribution in [-0.4, -0.2) is 25.5 Å². The highest BCUT2D eigenvalue weighted by molar-refractivity contribution is 6.74. The van der Waals surface area contributed by atoms with Gasteiger partial charge in [-0.05, 0) is 97.6 Å². The average Bonchev–Trinajstić information content (AvgIpc) is 3.10. The summed E-state index contributed by atoms with van der Waals surface area (Å²) in [7, 11) is -1.84. The minimum absolute atomic E-state index is 0.0505. The number of aliphatic carboxylic acids is 1. The molecule has 0 unspecified atom stereocenters. The van der Waals surface area contributed by atoms with E-state index in [2.05, 4.69) is 80.6 Å². The highest BCUT2D eigenvalue weighted by Crippen LogP contribution is 2.68. The maximum atomic E-state index is 11.2. The van der Waals surface area contributed by atoms with Crippen LogP contribution in [0.5, 0.6) is 0 Å². The molecule has 0 heterocycles. The van der Waals surface area contributed by atoms with Crippen LogP contribution in [0.3, 0.4) is 0 Å². The summed E-state index contributed by atoms with van der Waals surface area (Å²) in [6, 6.07) is 0. The van der Waals surface area contributed by atoms with Crippen LogP contribution < -0.4 is 0 Å². The Kier molecular flexibility index (Phi) is 7.12. The number of rotatable bonds is 6. The molecule has 0 saturated heterocycles. The summed E-state index contributed by atoms with van der Waals surface area (Å²) in [4.78, 5) is 11.2. The molecule has 4 aliphatic carbocycles. The Labute approximate surface area is 222 Å². The number of hydrogen-bond acceptors (Lipinski definition) is 2. The van der Waals surface area contributed by atoms with Gasteiger partial charge >= 0.3 is 5.97 Å². The van der Waals surface area contributed by atoms with Crippen LogP contribution >= 0.6 is 0 Å². The molecule has 0 radical (unpaired) electrons. The molecule has 36 heavy (non-hydrogen) atoms. The van der Waals surface area contributed by atoms with Crippen molar-refractivity contribution in [2.45, 2.75) is 131 Å². The zero-order chi connectivity index (χ0) is 26.9. The lowest BCUT2D eigenvalue weighted by Gasteiger charge is -2.60. The second kappa shape index (κ2) is 9.11. The Morgan fingerprint density at radius 1 is 1.06 bits per heavy atom. The van der Waals surface area contributed by atoms with E-state index in [1.165, 1.54) is 32.1 Å². The van der Waals surface area contributed by atoms with Gasteiger partial charge in [-0.25, -0.2) is 0 Å². The van der Waals surface area contributed by atoms with Gasteiger partial charge in [-0.15, -0.1) is 0 Å². The lowest BCUT2D eigenvalue weighted by Crippen LogP contribution is -2.55. The zero-order valence-electron chi connectivity index (χ0n) is 25.0. The fourth-order valence-electron chi connectivity index (χ4n) is 8.96. The zero-order valence-corrected chi connectivity index (χ0v) is 26.0. The van der Waals surface area contributed by atoms with Crippen LogP contribution in [0.25, 0.3) is 0 Å².